The third kappa shape index (κ3) is 4.82. The monoisotopic (exact) mass is 475 g/mol. The fraction of sp³-hybridized carbons (Fsp3) is 0.227. The van der Waals surface area contributed by atoms with Crippen LogP contribution in [-0.4, -0.2) is 33.7 Å². The Kier molecular flexibility index (Phi) is 6.32. The Hall–Kier alpha value is -3.47. The van der Waals surface area contributed by atoms with Gasteiger partial charge in [-0.3, -0.25) is 0 Å². The van der Waals surface area contributed by atoms with E-state index in [1.54, 1.807) is 43.1 Å². The van der Waals surface area contributed by atoms with Gasteiger partial charge in [0.15, 0.2) is 22.5 Å². The van der Waals surface area contributed by atoms with Gasteiger partial charge in [-0.2, -0.15) is 13.2 Å². The second-order valence-corrected chi connectivity index (χ2v) is 8.03. The molecule has 33 heavy (non-hydrogen) atoms. The summed E-state index contributed by atoms with van der Waals surface area (Å²) in [6.07, 6.45) is -2.82. The van der Waals surface area contributed by atoms with Gasteiger partial charge in [-0.05, 0) is 48.0 Å². The van der Waals surface area contributed by atoms with Gasteiger partial charge in [0.2, 0.25) is 0 Å². The normalized spacial score (nSPS) is 11.7. The van der Waals surface area contributed by atoms with Gasteiger partial charge in [0.05, 0.1) is 31.0 Å². The first-order chi connectivity index (χ1) is 15.8. The van der Waals surface area contributed by atoms with E-state index < -0.39 is 11.7 Å². The Balaban J connectivity index is 1.64. The van der Waals surface area contributed by atoms with Crippen molar-refractivity contribution < 1.29 is 22.6 Å². The number of benzene rings is 2. The number of aromatic nitrogens is 4. The van der Waals surface area contributed by atoms with E-state index in [4.69, 9.17) is 15.2 Å². The minimum Gasteiger partial charge on any atom is -0.497 e. The lowest BCUT2D eigenvalue weighted by atomic mass is 10.0. The van der Waals surface area contributed by atoms with Gasteiger partial charge < -0.3 is 19.8 Å². The molecule has 7 nitrogen and oxygen atoms in total. The van der Waals surface area contributed by atoms with Crippen molar-refractivity contribution in [3.05, 3.63) is 59.9 Å². The van der Waals surface area contributed by atoms with E-state index in [0.29, 0.717) is 28.2 Å². The number of hydrogen-bond donors (Lipinski definition) is 1. The maximum absolute atomic E-state index is 13.3. The van der Waals surface area contributed by atoms with Gasteiger partial charge in [-0.1, -0.05) is 18.2 Å². The average molecular weight is 475 g/mol. The van der Waals surface area contributed by atoms with E-state index in [-0.39, 0.29) is 24.3 Å². The Morgan fingerprint density at radius 2 is 1.85 bits per heavy atom. The van der Waals surface area contributed by atoms with Crippen LogP contribution in [-0.2, 0) is 19.1 Å². The molecular formula is C22H20F3N5O2S. The summed E-state index contributed by atoms with van der Waals surface area (Å²) in [7, 11) is 3.12. The van der Waals surface area contributed by atoms with Crippen LogP contribution in [0.3, 0.4) is 0 Å². The summed E-state index contributed by atoms with van der Waals surface area (Å²) in [5.74, 6) is 1.90. The number of nitrogen functional groups attached to an aromatic ring is 1. The van der Waals surface area contributed by atoms with Crippen LogP contribution in [0.4, 0.5) is 19.0 Å². The average Bonchev–Trinajstić information content (AvgIpc) is 3.23. The SMILES string of the molecule is COc1ccc(OC)c(Sc2nc3c(N)ncn(CCc4ccccc4C(F)(F)F)c-3n2)c1. The number of halogens is 3. The second-order valence-electron chi connectivity index (χ2n) is 7.03. The number of ether oxygens (including phenoxy) is 2. The van der Waals surface area contributed by atoms with Crippen molar-refractivity contribution in [2.45, 2.75) is 29.2 Å². The highest BCUT2D eigenvalue weighted by Gasteiger charge is 2.32. The van der Waals surface area contributed by atoms with Gasteiger partial charge >= 0.3 is 6.18 Å². The topological polar surface area (TPSA) is 88.1 Å². The Morgan fingerprint density at radius 1 is 1.06 bits per heavy atom. The lowest BCUT2D eigenvalue weighted by Crippen LogP contribution is -2.13. The third-order valence-electron chi connectivity index (χ3n) is 4.99. The largest absolute Gasteiger partial charge is 0.497 e. The number of imidazole rings is 1. The van der Waals surface area contributed by atoms with Crippen LogP contribution in [0.25, 0.3) is 11.5 Å². The van der Waals surface area contributed by atoms with Crippen molar-refractivity contribution in [3.63, 3.8) is 0 Å². The first-order valence-electron chi connectivity index (χ1n) is 9.83. The zero-order valence-corrected chi connectivity index (χ0v) is 18.6. The number of nitrogens with zero attached hydrogens (tertiary/aromatic N) is 4. The highest BCUT2D eigenvalue weighted by atomic mass is 32.2. The number of fused-ring (bicyclic) bond motifs is 1. The molecule has 4 rings (SSSR count). The van der Waals surface area contributed by atoms with Crippen LogP contribution in [0.5, 0.6) is 11.5 Å². The molecule has 0 unspecified atom stereocenters. The number of rotatable bonds is 7. The van der Waals surface area contributed by atoms with Gasteiger partial charge in [0, 0.05) is 6.54 Å². The number of methoxy groups -OCH3 is 2. The summed E-state index contributed by atoms with van der Waals surface area (Å²) in [5.41, 5.74) is 5.91. The van der Waals surface area contributed by atoms with Gasteiger partial charge in [-0.25, -0.2) is 15.0 Å². The molecular weight excluding hydrogens is 455 g/mol. The zero-order valence-electron chi connectivity index (χ0n) is 17.8. The summed E-state index contributed by atoms with van der Waals surface area (Å²) >= 11 is 1.26. The standard InChI is InChI=1S/C22H20F3N5O2S/c1-31-14-7-8-16(32-2)17(11-14)33-21-28-18-19(26)27-12-30(20(18)29-21)10-9-13-5-3-4-6-15(13)22(23,24)25/h3-8,11-12H,9-10,26H2,1-2H3. The van der Waals surface area contributed by atoms with Crippen LogP contribution in [0.1, 0.15) is 11.1 Å². The number of aryl methyl sites for hydroxylation is 2. The fourth-order valence-electron chi connectivity index (χ4n) is 3.36. The van der Waals surface area contributed by atoms with E-state index in [1.807, 2.05) is 0 Å². The number of nitrogens with two attached hydrogens (primary N) is 1. The number of anilines is 1. The van der Waals surface area contributed by atoms with Crippen LogP contribution in [0.2, 0.25) is 0 Å². The van der Waals surface area contributed by atoms with Crippen molar-refractivity contribution in [1.82, 2.24) is 19.5 Å². The first-order valence-corrected chi connectivity index (χ1v) is 10.6. The second kappa shape index (κ2) is 9.18. The van der Waals surface area contributed by atoms with E-state index in [1.165, 1.54) is 30.2 Å². The van der Waals surface area contributed by atoms with Crippen LogP contribution in [0.15, 0.2) is 58.8 Å². The quantitative estimate of drug-likeness (QED) is 0.411. The molecule has 0 saturated carbocycles. The molecule has 0 amide bonds. The van der Waals surface area contributed by atoms with Crippen molar-refractivity contribution in [2.75, 3.05) is 20.0 Å². The van der Waals surface area contributed by atoms with Crippen molar-refractivity contribution in [3.8, 4) is 23.0 Å². The summed E-state index contributed by atoms with van der Waals surface area (Å²) in [5, 5.41) is 0.403. The molecule has 2 heterocycles. The molecule has 2 aromatic carbocycles. The van der Waals surface area contributed by atoms with E-state index >= 15 is 0 Å². The molecule has 2 N–H and O–H groups in total. The van der Waals surface area contributed by atoms with E-state index in [2.05, 4.69) is 15.0 Å². The minimum absolute atomic E-state index is 0.139. The minimum atomic E-state index is -4.42. The Morgan fingerprint density at radius 3 is 2.58 bits per heavy atom. The van der Waals surface area contributed by atoms with E-state index in [0.717, 1.165) is 11.0 Å². The molecule has 0 aromatic heterocycles. The maximum Gasteiger partial charge on any atom is 0.416 e. The van der Waals surface area contributed by atoms with Crippen LogP contribution in [0, 0.1) is 0 Å². The number of hydrogen-bond acceptors (Lipinski definition) is 7. The summed E-state index contributed by atoms with van der Waals surface area (Å²) in [6, 6.07) is 10.9. The first kappa shape index (κ1) is 22.7. The molecule has 2 aromatic rings. The molecule has 2 aliphatic rings. The molecule has 0 aliphatic carbocycles. The molecule has 0 spiro atoms. The summed E-state index contributed by atoms with van der Waals surface area (Å²) in [6.45, 7) is 0.224. The molecule has 0 fully saturated rings. The van der Waals surface area contributed by atoms with Gasteiger partial charge in [-0.15, -0.1) is 0 Å². The molecule has 0 atom stereocenters. The van der Waals surface area contributed by atoms with Crippen molar-refractivity contribution in [1.29, 1.82) is 0 Å². The lowest BCUT2D eigenvalue weighted by molar-refractivity contribution is -0.138. The summed E-state index contributed by atoms with van der Waals surface area (Å²) < 4.78 is 52.3. The predicted octanol–water partition coefficient (Wildman–Crippen LogP) is 4.79. The highest BCUT2D eigenvalue weighted by Crippen LogP contribution is 2.38. The zero-order chi connectivity index (χ0) is 23.6. The third-order valence-corrected chi connectivity index (χ3v) is 5.89. The van der Waals surface area contributed by atoms with Gasteiger partial charge in [0.25, 0.3) is 0 Å². The highest BCUT2D eigenvalue weighted by molar-refractivity contribution is 7.99. The lowest BCUT2D eigenvalue weighted by Gasteiger charge is -2.15. The molecule has 0 saturated heterocycles. The number of alkyl halides is 3. The Labute approximate surface area is 192 Å². The summed E-state index contributed by atoms with van der Waals surface area (Å²) in [4.78, 5) is 13.9. The van der Waals surface area contributed by atoms with E-state index in [9.17, 15) is 13.2 Å². The molecule has 172 valence electrons. The van der Waals surface area contributed by atoms with Crippen molar-refractivity contribution >= 4 is 17.6 Å². The van der Waals surface area contributed by atoms with Crippen molar-refractivity contribution in [2.24, 2.45) is 0 Å². The molecule has 0 radical (unpaired) electrons. The van der Waals surface area contributed by atoms with Crippen LogP contribution < -0.4 is 15.2 Å². The van der Waals surface area contributed by atoms with Crippen LogP contribution >= 0.6 is 11.8 Å². The Bertz CT molecular complexity index is 1250. The predicted molar refractivity (Wildman–Crippen MR) is 118 cm³/mol. The smallest absolute Gasteiger partial charge is 0.416 e. The maximum atomic E-state index is 13.3. The molecule has 0 bridgehead atoms. The fourth-order valence-corrected chi connectivity index (χ4v) is 4.25. The van der Waals surface area contributed by atoms with Gasteiger partial charge in [0.1, 0.15) is 11.5 Å². The molecule has 11 heteroatoms. The molecule has 2 aliphatic heterocycles.